The SMILES string of the molecule is CN1CCN(C(=O)c2c[nH]c(=O)c(Br)c2)C(C)(C)C1=O. The molecule has 108 valence electrons. The predicted molar refractivity (Wildman–Crippen MR) is 77.5 cm³/mol. The molecule has 0 atom stereocenters. The first kappa shape index (κ1) is 14.8. The van der Waals surface area contributed by atoms with Crippen LogP contribution in [0.1, 0.15) is 24.2 Å². The van der Waals surface area contributed by atoms with Gasteiger partial charge in [-0.05, 0) is 35.8 Å². The molecule has 0 aromatic carbocycles. The first-order valence-electron chi connectivity index (χ1n) is 6.21. The third kappa shape index (κ3) is 2.37. The molecule has 1 N–H and O–H groups in total. The zero-order valence-electron chi connectivity index (χ0n) is 11.6. The van der Waals surface area contributed by atoms with Gasteiger partial charge in [0.05, 0.1) is 10.0 Å². The predicted octanol–water partition coefficient (Wildman–Crippen LogP) is 0.830. The van der Waals surface area contributed by atoms with E-state index in [1.807, 2.05) is 0 Å². The minimum absolute atomic E-state index is 0.0967. The van der Waals surface area contributed by atoms with Crippen LogP contribution >= 0.6 is 15.9 Å². The average Bonchev–Trinajstić information content (AvgIpc) is 2.39. The smallest absolute Gasteiger partial charge is 0.262 e. The number of pyridine rings is 1. The van der Waals surface area contributed by atoms with E-state index in [1.165, 1.54) is 17.2 Å². The van der Waals surface area contributed by atoms with Crippen molar-refractivity contribution < 1.29 is 9.59 Å². The molecule has 1 saturated heterocycles. The molecule has 7 heteroatoms. The van der Waals surface area contributed by atoms with Crippen LogP contribution in [0.15, 0.2) is 21.5 Å². The Bertz CT molecular complexity index is 624. The first-order valence-corrected chi connectivity index (χ1v) is 7.00. The Balaban J connectivity index is 2.35. The van der Waals surface area contributed by atoms with Crippen LogP contribution in [-0.2, 0) is 4.79 Å². The second kappa shape index (κ2) is 5.05. The average molecular weight is 342 g/mol. The van der Waals surface area contributed by atoms with Crippen LogP contribution < -0.4 is 5.56 Å². The molecule has 1 fully saturated rings. The molecule has 0 radical (unpaired) electrons. The van der Waals surface area contributed by atoms with E-state index in [4.69, 9.17) is 0 Å². The number of amides is 2. The number of aromatic nitrogens is 1. The summed E-state index contributed by atoms with van der Waals surface area (Å²) in [6.45, 7) is 4.41. The van der Waals surface area contributed by atoms with Crippen molar-refractivity contribution in [2.24, 2.45) is 0 Å². The van der Waals surface area contributed by atoms with E-state index in [1.54, 1.807) is 25.8 Å². The van der Waals surface area contributed by atoms with Gasteiger partial charge < -0.3 is 14.8 Å². The molecule has 1 aliphatic rings. The van der Waals surface area contributed by atoms with Gasteiger partial charge in [-0.25, -0.2) is 0 Å². The van der Waals surface area contributed by atoms with E-state index in [0.29, 0.717) is 23.1 Å². The van der Waals surface area contributed by atoms with Crippen LogP contribution in [0, 0.1) is 0 Å². The van der Waals surface area contributed by atoms with Gasteiger partial charge >= 0.3 is 0 Å². The van der Waals surface area contributed by atoms with Crippen molar-refractivity contribution in [2.45, 2.75) is 19.4 Å². The van der Waals surface area contributed by atoms with Crippen LogP contribution in [0.2, 0.25) is 0 Å². The topological polar surface area (TPSA) is 73.5 Å². The highest BCUT2D eigenvalue weighted by Crippen LogP contribution is 2.24. The summed E-state index contributed by atoms with van der Waals surface area (Å²) in [5.41, 5.74) is -0.843. The Morgan fingerprint density at radius 2 is 2.00 bits per heavy atom. The van der Waals surface area contributed by atoms with Crippen molar-refractivity contribution in [3.8, 4) is 0 Å². The standard InChI is InChI=1S/C13H16BrN3O3/c1-13(2)12(20)16(3)4-5-17(13)11(19)8-6-9(14)10(18)15-7-8/h6-7H,4-5H2,1-3H3,(H,15,18). The van der Waals surface area contributed by atoms with Crippen molar-refractivity contribution in [3.63, 3.8) is 0 Å². The summed E-state index contributed by atoms with van der Waals surface area (Å²) in [5, 5.41) is 0. The molecule has 2 rings (SSSR count). The van der Waals surface area contributed by atoms with Crippen LogP contribution in [0.4, 0.5) is 0 Å². The number of halogens is 1. The van der Waals surface area contributed by atoms with Gasteiger partial charge in [-0.1, -0.05) is 0 Å². The van der Waals surface area contributed by atoms with E-state index >= 15 is 0 Å². The molecular weight excluding hydrogens is 326 g/mol. The zero-order chi connectivity index (χ0) is 15.1. The molecule has 1 aliphatic heterocycles. The summed E-state index contributed by atoms with van der Waals surface area (Å²) in [4.78, 5) is 41.7. The summed E-state index contributed by atoms with van der Waals surface area (Å²) in [7, 11) is 1.72. The van der Waals surface area contributed by atoms with Gasteiger partial charge in [-0.2, -0.15) is 0 Å². The van der Waals surface area contributed by atoms with E-state index in [9.17, 15) is 14.4 Å². The second-order valence-corrected chi connectivity index (χ2v) is 6.16. The van der Waals surface area contributed by atoms with Crippen LogP contribution in [0.5, 0.6) is 0 Å². The number of hydrogen-bond donors (Lipinski definition) is 1. The highest BCUT2D eigenvalue weighted by atomic mass is 79.9. The van der Waals surface area contributed by atoms with Crippen LogP contribution in [0.25, 0.3) is 0 Å². The number of aromatic amines is 1. The molecule has 0 bridgehead atoms. The summed E-state index contributed by atoms with van der Waals surface area (Å²) in [6.07, 6.45) is 1.37. The number of piperazine rings is 1. The maximum absolute atomic E-state index is 12.5. The van der Waals surface area contributed by atoms with Gasteiger partial charge in [0.15, 0.2) is 0 Å². The molecular formula is C13H16BrN3O3. The maximum atomic E-state index is 12.5. The van der Waals surface area contributed by atoms with E-state index in [2.05, 4.69) is 20.9 Å². The minimum atomic E-state index is -0.896. The monoisotopic (exact) mass is 341 g/mol. The summed E-state index contributed by atoms with van der Waals surface area (Å²) < 4.78 is 0.293. The molecule has 0 aliphatic carbocycles. The van der Waals surface area contributed by atoms with E-state index < -0.39 is 5.54 Å². The Hall–Kier alpha value is -1.63. The van der Waals surface area contributed by atoms with Gasteiger partial charge in [0.2, 0.25) is 5.91 Å². The fourth-order valence-corrected chi connectivity index (χ4v) is 2.67. The fourth-order valence-electron chi connectivity index (χ4n) is 2.30. The van der Waals surface area contributed by atoms with E-state index in [-0.39, 0.29) is 17.4 Å². The molecule has 1 aromatic heterocycles. The fraction of sp³-hybridized carbons (Fsp3) is 0.462. The van der Waals surface area contributed by atoms with Crippen LogP contribution in [0.3, 0.4) is 0 Å². The van der Waals surface area contributed by atoms with Gasteiger partial charge in [-0.15, -0.1) is 0 Å². The number of nitrogens with zero attached hydrogens (tertiary/aromatic N) is 2. The number of hydrogen-bond acceptors (Lipinski definition) is 3. The molecule has 20 heavy (non-hydrogen) atoms. The number of carbonyl (C=O) groups excluding carboxylic acids is 2. The van der Waals surface area contributed by atoms with Crippen molar-refractivity contribution >= 4 is 27.7 Å². The Morgan fingerprint density at radius 1 is 1.35 bits per heavy atom. The molecule has 1 aromatic rings. The van der Waals surface area contributed by atoms with Gasteiger partial charge in [0, 0.05) is 26.3 Å². The van der Waals surface area contributed by atoms with Crippen LogP contribution in [-0.4, -0.2) is 52.3 Å². The third-order valence-corrected chi connectivity index (χ3v) is 4.14. The normalized spacial score (nSPS) is 18.3. The largest absolute Gasteiger partial charge is 0.342 e. The number of rotatable bonds is 1. The zero-order valence-corrected chi connectivity index (χ0v) is 13.2. The van der Waals surface area contributed by atoms with Crippen molar-refractivity contribution in [2.75, 3.05) is 20.1 Å². The lowest BCUT2D eigenvalue weighted by molar-refractivity contribution is -0.144. The van der Waals surface area contributed by atoms with Gasteiger partial charge in [0.25, 0.3) is 11.5 Å². The quantitative estimate of drug-likeness (QED) is 0.822. The molecule has 0 spiro atoms. The van der Waals surface area contributed by atoms with Gasteiger partial charge in [-0.3, -0.25) is 14.4 Å². The third-order valence-electron chi connectivity index (χ3n) is 3.55. The highest BCUT2D eigenvalue weighted by Gasteiger charge is 2.43. The van der Waals surface area contributed by atoms with Crippen molar-refractivity contribution in [3.05, 3.63) is 32.7 Å². The van der Waals surface area contributed by atoms with Gasteiger partial charge in [0.1, 0.15) is 5.54 Å². The summed E-state index contributed by atoms with van der Waals surface area (Å²) >= 11 is 3.10. The second-order valence-electron chi connectivity index (χ2n) is 5.31. The maximum Gasteiger partial charge on any atom is 0.262 e. The minimum Gasteiger partial charge on any atom is -0.342 e. The highest BCUT2D eigenvalue weighted by molar-refractivity contribution is 9.10. The lowest BCUT2D eigenvalue weighted by Gasteiger charge is -2.44. The molecule has 2 amide bonds. The molecule has 6 nitrogen and oxygen atoms in total. The Kier molecular flexibility index (Phi) is 3.73. The number of carbonyl (C=O) groups is 2. The lowest BCUT2D eigenvalue weighted by atomic mass is 9.97. The molecule has 0 unspecified atom stereocenters. The van der Waals surface area contributed by atoms with Crippen molar-refractivity contribution in [1.29, 1.82) is 0 Å². The first-order chi connectivity index (χ1) is 9.25. The Morgan fingerprint density at radius 3 is 2.60 bits per heavy atom. The Labute approximate surface area is 124 Å². The summed E-state index contributed by atoms with van der Waals surface area (Å²) in [5.74, 6) is -0.367. The molecule has 2 heterocycles. The summed E-state index contributed by atoms with van der Waals surface area (Å²) in [6, 6.07) is 1.47. The number of H-pyrrole nitrogens is 1. The number of nitrogens with one attached hydrogen (secondary N) is 1. The lowest BCUT2D eigenvalue weighted by Crippen LogP contribution is -2.63. The van der Waals surface area contributed by atoms with Crippen molar-refractivity contribution in [1.82, 2.24) is 14.8 Å². The number of likely N-dealkylation sites (N-methyl/N-ethyl adjacent to an activating group) is 1. The molecule has 0 saturated carbocycles. The van der Waals surface area contributed by atoms with E-state index in [0.717, 1.165) is 0 Å².